The van der Waals surface area contributed by atoms with E-state index in [-0.39, 0.29) is 13.0 Å². The molecule has 4 N–H and O–H groups in total. The summed E-state index contributed by atoms with van der Waals surface area (Å²) in [5.74, 6) is -0.611. The molecule has 0 spiro atoms. The van der Waals surface area contributed by atoms with Crippen molar-refractivity contribution in [2.45, 2.75) is 45.8 Å². The first-order valence-electron chi connectivity index (χ1n) is 7.91. The average molecular weight is 372 g/mol. The van der Waals surface area contributed by atoms with E-state index in [1.807, 2.05) is 0 Å². The first-order valence-corrected chi connectivity index (χ1v) is 8.29. The molecule has 1 heterocycles. The van der Waals surface area contributed by atoms with Gasteiger partial charge in [-0.05, 0) is 30.0 Å². The maximum Gasteiger partial charge on any atom is 0.408 e. The largest absolute Gasteiger partial charge is 0.465 e. The van der Waals surface area contributed by atoms with Gasteiger partial charge in [-0.25, -0.2) is 9.18 Å². The first-order chi connectivity index (χ1) is 11.4. The summed E-state index contributed by atoms with van der Waals surface area (Å²) in [6.07, 6.45) is -1.54. The highest BCUT2D eigenvalue weighted by Crippen LogP contribution is 2.44. The summed E-state index contributed by atoms with van der Waals surface area (Å²) in [6, 6.07) is 1.99. The van der Waals surface area contributed by atoms with Crippen LogP contribution in [0.15, 0.2) is 12.1 Å². The van der Waals surface area contributed by atoms with Crippen LogP contribution in [0.4, 0.5) is 20.6 Å². The van der Waals surface area contributed by atoms with Gasteiger partial charge in [0.1, 0.15) is 11.7 Å². The highest BCUT2D eigenvalue weighted by atomic mass is 35.5. The number of carboxylic acid groups (broad SMARTS) is 1. The average Bonchev–Trinajstić information content (AvgIpc) is 2.87. The van der Waals surface area contributed by atoms with E-state index in [9.17, 15) is 14.7 Å². The highest BCUT2D eigenvalue weighted by molar-refractivity contribution is 6.32. The van der Waals surface area contributed by atoms with Crippen LogP contribution >= 0.6 is 11.6 Å². The maximum absolute atomic E-state index is 15.2. The molecule has 1 saturated heterocycles. The maximum atomic E-state index is 15.2. The van der Waals surface area contributed by atoms with Crippen molar-refractivity contribution < 1.29 is 19.1 Å². The molecule has 0 saturated carbocycles. The lowest BCUT2D eigenvalue weighted by atomic mass is 9.76. The second kappa shape index (κ2) is 6.37. The van der Waals surface area contributed by atoms with Gasteiger partial charge in [-0.3, -0.25) is 9.69 Å². The van der Waals surface area contributed by atoms with Gasteiger partial charge in [-0.1, -0.05) is 32.4 Å². The Hall–Kier alpha value is -2.02. The number of amides is 2. The van der Waals surface area contributed by atoms with Crippen LogP contribution in [-0.2, 0) is 4.79 Å². The van der Waals surface area contributed by atoms with Gasteiger partial charge >= 0.3 is 6.09 Å². The molecule has 0 aromatic heterocycles. The summed E-state index contributed by atoms with van der Waals surface area (Å²) in [7, 11) is 0. The minimum absolute atomic E-state index is 0.207. The monoisotopic (exact) mass is 371 g/mol. The number of hydrogen-bond acceptors (Lipinski definition) is 3. The van der Waals surface area contributed by atoms with Gasteiger partial charge < -0.3 is 16.2 Å². The van der Waals surface area contributed by atoms with Crippen LogP contribution in [0.5, 0.6) is 0 Å². The Bertz CT molecular complexity index is 720. The summed E-state index contributed by atoms with van der Waals surface area (Å²) in [4.78, 5) is 25.0. The number of nitrogens with one attached hydrogen (secondary N) is 1. The molecule has 2 atom stereocenters. The van der Waals surface area contributed by atoms with Crippen molar-refractivity contribution in [3.8, 4) is 0 Å². The van der Waals surface area contributed by atoms with Crippen LogP contribution in [-0.4, -0.2) is 40.3 Å². The van der Waals surface area contributed by atoms with Crippen LogP contribution in [0.2, 0.25) is 5.02 Å². The van der Waals surface area contributed by atoms with Crippen LogP contribution in [0.3, 0.4) is 0 Å². The molecule has 2 rings (SSSR count). The number of nitrogens with zero attached hydrogens (tertiary/aromatic N) is 1. The van der Waals surface area contributed by atoms with E-state index < -0.39 is 29.1 Å². The molecule has 1 aromatic rings. The Labute approximate surface area is 151 Å². The lowest BCUT2D eigenvalue weighted by Crippen LogP contribution is -2.43. The number of anilines is 2. The number of alkyl halides is 1. The predicted octanol–water partition coefficient (Wildman–Crippen LogP) is 3.68. The SMILES string of the molecule is Cc1c(Cl)ccc(NC(=O)[C@@H]2CC(F)(C(C)(C)C)CN2C(=O)O)c1N. The molecule has 138 valence electrons. The topological polar surface area (TPSA) is 95.7 Å². The van der Waals surface area contributed by atoms with E-state index in [0.29, 0.717) is 22.0 Å². The zero-order valence-corrected chi connectivity index (χ0v) is 15.4. The zero-order chi connectivity index (χ0) is 19.2. The molecule has 1 unspecified atom stereocenters. The fraction of sp³-hybridized carbons (Fsp3) is 0.529. The Balaban J connectivity index is 2.28. The standard InChI is InChI=1S/C17H23ClFN3O3/c1-9-10(18)5-6-11(13(9)20)21-14(23)12-7-17(19,16(2,3)4)8-22(12)15(24)25/h5-6,12H,7-8,20H2,1-4H3,(H,21,23)(H,24,25)/t12-,17?/m0/s1. The number of carbonyl (C=O) groups is 2. The molecule has 25 heavy (non-hydrogen) atoms. The van der Waals surface area contributed by atoms with E-state index >= 15 is 4.39 Å². The molecule has 1 fully saturated rings. The van der Waals surface area contributed by atoms with Gasteiger partial charge in [0, 0.05) is 11.4 Å². The van der Waals surface area contributed by atoms with Crippen molar-refractivity contribution in [2.24, 2.45) is 5.41 Å². The number of halogens is 2. The molecule has 1 aliphatic heterocycles. The summed E-state index contributed by atoms with van der Waals surface area (Å²) < 4.78 is 15.2. The number of nitrogen functional groups attached to an aromatic ring is 1. The van der Waals surface area contributed by atoms with Crippen LogP contribution in [0.25, 0.3) is 0 Å². The van der Waals surface area contributed by atoms with Crippen LogP contribution in [0.1, 0.15) is 32.8 Å². The zero-order valence-electron chi connectivity index (χ0n) is 14.7. The van der Waals surface area contributed by atoms with Crippen LogP contribution in [0, 0.1) is 12.3 Å². The van der Waals surface area contributed by atoms with Crippen molar-refractivity contribution in [3.63, 3.8) is 0 Å². The fourth-order valence-electron chi connectivity index (χ4n) is 2.87. The van der Waals surface area contributed by atoms with Gasteiger partial charge in [0.05, 0.1) is 17.9 Å². The second-order valence-corrected chi connectivity index (χ2v) is 7.88. The number of hydrogen-bond donors (Lipinski definition) is 3. The normalized spacial score (nSPS) is 23.6. The fourth-order valence-corrected chi connectivity index (χ4v) is 3.03. The van der Waals surface area contributed by atoms with E-state index in [2.05, 4.69) is 5.32 Å². The highest BCUT2D eigenvalue weighted by Gasteiger charge is 2.55. The minimum Gasteiger partial charge on any atom is -0.465 e. The van der Waals surface area contributed by atoms with E-state index in [0.717, 1.165) is 4.90 Å². The molecular weight excluding hydrogens is 349 g/mol. The summed E-state index contributed by atoms with van der Waals surface area (Å²) >= 11 is 5.97. The van der Waals surface area contributed by atoms with Gasteiger partial charge in [-0.2, -0.15) is 0 Å². The lowest BCUT2D eigenvalue weighted by Gasteiger charge is -2.33. The number of benzene rings is 1. The van der Waals surface area contributed by atoms with E-state index in [1.54, 1.807) is 33.8 Å². The van der Waals surface area contributed by atoms with Crippen molar-refractivity contribution in [1.82, 2.24) is 4.90 Å². The summed E-state index contributed by atoms with van der Waals surface area (Å²) in [5, 5.41) is 12.4. The van der Waals surface area contributed by atoms with Crippen molar-refractivity contribution in [2.75, 3.05) is 17.6 Å². The van der Waals surface area contributed by atoms with Crippen molar-refractivity contribution in [3.05, 3.63) is 22.7 Å². The Morgan fingerprint density at radius 1 is 1.44 bits per heavy atom. The molecule has 1 aliphatic rings. The molecular formula is C17H23ClFN3O3. The summed E-state index contributed by atoms with van der Waals surface area (Å²) in [6.45, 7) is 6.42. The van der Waals surface area contributed by atoms with Crippen LogP contribution < -0.4 is 11.1 Å². The van der Waals surface area contributed by atoms with Gasteiger partial charge in [-0.15, -0.1) is 0 Å². The van der Waals surface area contributed by atoms with Gasteiger partial charge in [0.2, 0.25) is 5.91 Å². The molecule has 0 aliphatic carbocycles. The van der Waals surface area contributed by atoms with E-state index in [1.165, 1.54) is 6.07 Å². The lowest BCUT2D eigenvalue weighted by molar-refractivity contribution is -0.120. The van der Waals surface area contributed by atoms with E-state index in [4.69, 9.17) is 17.3 Å². The third-order valence-corrected chi connectivity index (χ3v) is 5.32. The molecule has 6 nitrogen and oxygen atoms in total. The number of likely N-dealkylation sites (tertiary alicyclic amines) is 1. The quantitative estimate of drug-likeness (QED) is 0.691. The third-order valence-electron chi connectivity index (χ3n) is 4.91. The van der Waals surface area contributed by atoms with Gasteiger partial charge in [0.15, 0.2) is 0 Å². The Kier molecular flexibility index (Phi) is 4.92. The number of rotatable bonds is 2. The molecule has 2 amide bonds. The second-order valence-electron chi connectivity index (χ2n) is 7.47. The molecule has 1 aromatic carbocycles. The third kappa shape index (κ3) is 3.51. The van der Waals surface area contributed by atoms with Crippen molar-refractivity contribution >= 4 is 35.0 Å². The first kappa shape index (κ1) is 19.3. The minimum atomic E-state index is -1.80. The molecule has 8 heteroatoms. The molecule has 0 radical (unpaired) electrons. The number of nitrogens with two attached hydrogens (primary N) is 1. The Morgan fingerprint density at radius 2 is 2.04 bits per heavy atom. The predicted molar refractivity (Wildman–Crippen MR) is 95.7 cm³/mol. The number of carbonyl (C=O) groups excluding carboxylic acids is 1. The van der Waals surface area contributed by atoms with Gasteiger partial charge in [0.25, 0.3) is 0 Å². The van der Waals surface area contributed by atoms with Crippen molar-refractivity contribution in [1.29, 1.82) is 0 Å². The summed E-state index contributed by atoms with van der Waals surface area (Å²) in [5.41, 5.74) is 4.57. The smallest absolute Gasteiger partial charge is 0.408 e. The Morgan fingerprint density at radius 3 is 2.56 bits per heavy atom. The molecule has 0 bridgehead atoms.